The van der Waals surface area contributed by atoms with Gasteiger partial charge in [-0.3, -0.25) is 9.59 Å². The van der Waals surface area contributed by atoms with E-state index in [1.165, 1.54) is 17.8 Å². The Bertz CT molecular complexity index is 1070. The number of thioether (sulfide) groups is 1. The molecule has 2 aromatic carbocycles. The number of carbonyl (C=O) groups excluding carboxylic acids is 2. The Labute approximate surface area is 194 Å². The standard InChI is InChI=1S/C21H21Cl2N5O2S/c1-13(25-20(30)16-9-8-15(22)10-17(16)23)19-26-27-21(28(19)2)31-12-18(29)24-11-14-6-4-3-5-7-14/h3-10,13H,11-12H2,1-2H3,(H,24,29)(H,25,30)/t13-/m1/s1. The highest BCUT2D eigenvalue weighted by molar-refractivity contribution is 7.99. The number of nitrogens with zero attached hydrogens (tertiary/aromatic N) is 3. The summed E-state index contributed by atoms with van der Waals surface area (Å²) >= 11 is 13.3. The van der Waals surface area contributed by atoms with Crippen LogP contribution in [0.15, 0.2) is 53.7 Å². The first-order valence-corrected chi connectivity index (χ1v) is 11.2. The topological polar surface area (TPSA) is 88.9 Å². The molecule has 3 rings (SSSR count). The highest BCUT2D eigenvalue weighted by atomic mass is 35.5. The first-order chi connectivity index (χ1) is 14.8. The van der Waals surface area contributed by atoms with Gasteiger partial charge in [0.1, 0.15) is 0 Å². The van der Waals surface area contributed by atoms with Gasteiger partial charge in [-0.05, 0) is 30.7 Å². The number of hydrogen-bond donors (Lipinski definition) is 2. The maximum atomic E-state index is 12.5. The number of aromatic nitrogens is 3. The van der Waals surface area contributed by atoms with E-state index in [-0.39, 0.29) is 22.6 Å². The molecule has 1 atom stereocenters. The number of benzene rings is 2. The van der Waals surface area contributed by atoms with Crippen LogP contribution >= 0.6 is 35.0 Å². The first kappa shape index (κ1) is 23.1. The summed E-state index contributed by atoms with van der Waals surface area (Å²) < 4.78 is 1.75. The molecule has 0 unspecified atom stereocenters. The second kappa shape index (κ2) is 10.7. The lowest BCUT2D eigenvalue weighted by molar-refractivity contribution is -0.118. The van der Waals surface area contributed by atoms with Crippen molar-refractivity contribution in [2.45, 2.75) is 24.7 Å². The third-order valence-corrected chi connectivity index (χ3v) is 6.01. The van der Waals surface area contributed by atoms with Gasteiger partial charge in [-0.2, -0.15) is 0 Å². The molecule has 0 saturated carbocycles. The molecule has 10 heteroatoms. The zero-order valence-corrected chi connectivity index (χ0v) is 19.3. The van der Waals surface area contributed by atoms with Crippen LogP contribution in [-0.2, 0) is 18.4 Å². The van der Waals surface area contributed by atoms with E-state index in [1.807, 2.05) is 30.3 Å². The fourth-order valence-electron chi connectivity index (χ4n) is 2.82. The SMILES string of the molecule is C[C@@H](NC(=O)c1ccc(Cl)cc1Cl)c1nnc(SCC(=O)NCc2ccccc2)n1C. The van der Waals surface area contributed by atoms with Gasteiger partial charge >= 0.3 is 0 Å². The lowest BCUT2D eigenvalue weighted by Gasteiger charge is -2.14. The summed E-state index contributed by atoms with van der Waals surface area (Å²) in [5.41, 5.74) is 1.36. The van der Waals surface area contributed by atoms with E-state index in [9.17, 15) is 9.59 Å². The molecule has 162 valence electrons. The Morgan fingerprint density at radius 1 is 1.13 bits per heavy atom. The van der Waals surface area contributed by atoms with Crippen molar-refractivity contribution in [2.75, 3.05) is 5.75 Å². The van der Waals surface area contributed by atoms with Crippen molar-refractivity contribution in [3.8, 4) is 0 Å². The van der Waals surface area contributed by atoms with Crippen LogP contribution in [0, 0.1) is 0 Å². The average Bonchev–Trinajstić information content (AvgIpc) is 3.11. The van der Waals surface area contributed by atoms with Crippen LogP contribution in [0.2, 0.25) is 10.0 Å². The molecule has 0 bridgehead atoms. The van der Waals surface area contributed by atoms with E-state index >= 15 is 0 Å². The number of carbonyl (C=O) groups is 2. The summed E-state index contributed by atoms with van der Waals surface area (Å²) in [6, 6.07) is 14.0. The molecule has 0 aliphatic carbocycles. The summed E-state index contributed by atoms with van der Waals surface area (Å²) in [5.74, 6) is 0.328. The molecule has 0 aliphatic heterocycles. The van der Waals surface area contributed by atoms with E-state index < -0.39 is 6.04 Å². The molecule has 0 spiro atoms. The normalized spacial score (nSPS) is 11.7. The van der Waals surface area contributed by atoms with Gasteiger partial charge < -0.3 is 15.2 Å². The summed E-state index contributed by atoms with van der Waals surface area (Å²) in [5, 5.41) is 15.3. The van der Waals surface area contributed by atoms with Gasteiger partial charge in [-0.15, -0.1) is 10.2 Å². The van der Waals surface area contributed by atoms with Gasteiger partial charge in [0, 0.05) is 18.6 Å². The van der Waals surface area contributed by atoms with Crippen molar-refractivity contribution in [3.63, 3.8) is 0 Å². The third kappa shape index (κ3) is 6.22. The molecule has 2 amide bonds. The number of amides is 2. The smallest absolute Gasteiger partial charge is 0.253 e. The lowest BCUT2D eigenvalue weighted by Crippen LogP contribution is -2.28. The Morgan fingerprint density at radius 2 is 1.87 bits per heavy atom. The summed E-state index contributed by atoms with van der Waals surface area (Å²) in [4.78, 5) is 24.7. The van der Waals surface area contributed by atoms with E-state index in [0.29, 0.717) is 28.1 Å². The number of halogens is 2. The second-order valence-electron chi connectivity index (χ2n) is 6.77. The summed E-state index contributed by atoms with van der Waals surface area (Å²) in [6.45, 7) is 2.27. The molecule has 3 aromatic rings. The second-order valence-corrected chi connectivity index (χ2v) is 8.56. The third-order valence-electron chi connectivity index (χ3n) is 4.44. The Balaban J connectivity index is 1.55. The minimum Gasteiger partial charge on any atom is -0.351 e. The van der Waals surface area contributed by atoms with E-state index in [0.717, 1.165) is 5.56 Å². The van der Waals surface area contributed by atoms with Crippen molar-refractivity contribution < 1.29 is 9.59 Å². The molecule has 0 saturated heterocycles. The van der Waals surface area contributed by atoms with Crippen molar-refractivity contribution in [1.82, 2.24) is 25.4 Å². The maximum Gasteiger partial charge on any atom is 0.253 e. The Kier molecular flexibility index (Phi) is 7.95. The molecule has 7 nitrogen and oxygen atoms in total. The van der Waals surface area contributed by atoms with Crippen molar-refractivity contribution in [3.05, 3.63) is 75.5 Å². The summed E-state index contributed by atoms with van der Waals surface area (Å²) in [6.07, 6.45) is 0. The molecule has 2 N–H and O–H groups in total. The fraction of sp³-hybridized carbons (Fsp3) is 0.238. The van der Waals surface area contributed by atoms with Gasteiger partial charge in [0.2, 0.25) is 5.91 Å². The van der Waals surface area contributed by atoms with Crippen LogP contribution < -0.4 is 10.6 Å². The lowest BCUT2D eigenvalue weighted by atomic mass is 10.2. The minimum absolute atomic E-state index is 0.0999. The van der Waals surface area contributed by atoms with Gasteiger partial charge in [-0.25, -0.2) is 0 Å². The zero-order chi connectivity index (χ0) is 22.4. The predicted octanol–water partition coefficient (Wildman–Crippen LogP) is 4.02. The number of nitrogens with one attached hydrogen (secondary N) is 2. The van der Waals surface area contributed by atoms with Crippen molar-refractivity contribution in [2.24, 2.45) is 7.05 Å². The molecular weight excluding hydrogens is 457 g/mol. The zero-order valence-electron chi connectivity index (χ0n) is 16.9. The quantitative estimate of drug-likeness (QED) is 0.478. The molecular formula is C21H21Cl2N5O2S. The molecule has 0 fully saturated rings. The Morgan fingerprint density at radius 3 is 2.58 bits per heavy atom. The fourth-order valence-corrected chi connectivity index (χ4v) is 4.06. The molecule has 1 aromatic heterocycles. The first-order valence-electron chi connectivity index (χ1n) is 9.43. The maximum absolute atomic E-state index is 12.5. The van der Waals surface area contributed by atoms with Crippen LogP contribution in [-0.4, -0.2) is 32.3 Å². The van der Waals surface area contributed by atoms with Crippen molar-refractivity contribution >= 4 is 46.8 Å². The van der Waals surface area contributed by atoms with Gasteiger partial charge in [-0.1, -0.05) is 65.3 Å². The Hall–Kier alpha value is -2.55. The van der Waals surface area contributed by atoms with E-state index in [2.05, 4.69) is 20.8 Å². The van der Waals surface area contributed by atoms with Gasteiger partial charge in [0.25, 0.3) is 5.91 Å². The summed E-state index contributed by atoms with van der Waals surface area (Å²) in [7, 11) is 1.79. The van der Waals surface area contributed by atoms with Crippen LogP contribution in [0.1, 0.15) is 34.7 Å². The van der Waals surface area contributed by atoms with Gasteiger partial charge in [0.05, 0.1) is 22.4 Å². The van der Waals surface area contributed by atoms with E-state index in [4.69, 9.17) is 23.2 Å². The molecule has 0 aliphatic rings. The van der Waals surface area contributed by atoms with Crippen LogP contribution in [0.25, 0.3) is 0 Å². The van der Waals surface area contributed by atoms with Crippen LogP contribution in [0.4, 0.5) is 0 Å². The number of rotatable bonds is 8. The minimum atomic E-state index is -0.419. The highest BCUT2D eigenvalue weighted by Crippen LogP contribution is 2.23. The predicted molar refractivity (Wildman–Crippen MR) is 122 cm³/mol. The van der Waals surface area contributed by atoms with Gasteiger partial charge in [0.15, 0.2) is 11.0 Å². The van der Waals surface area contributed by atoms with Crippen LogP contribution in [0.3, 0.4) is 0 Å². The monoisotopic (exact) mass is 477 g/mol. The van der Waals surface area contributed by atoms with E-state index in [1.54, 1.807) is 30.7 Å². The average molecular weight is 478 g/mol. The van der Waals surface area contributed by atoms with Crippen LogP contribution in [0.5, 0.6) is 0 Å². The van der Waals surface area contributed by atoms with Crippen molar-refractivity contribution in [1.29, 1.82) is 0 Å². The molecule has 31 heavy (non-hydrogen) atoms. The highest BCUT2D eigenvalue weighted by Gasteiger charge is 2.20. The molecule has 0 radical (unpaired) electrons. The largest absolute Gasteiger partial charge is 0.351 e. The number of hydrogen-bond acceptors (Lipinski definition) is 5. The molecule has 1 heterocycles.